The van der Waals surface area contributed by atoms with E-state index < -0.39 is 6.04 Å². The van der Waals surface area contributed by atoms with Crippen LogP contribution in [0, 0.1) is 0 Å². The third-order valence-electron chi connectivity index (χ3n) is 7.10. The first-order chi connectivity index (χ1) is 19.5. The highest BCUT2D eigenvalue weighted by Crippen LogP contribution is 2.46. The van der Waals surface area contributed by atoms with Gasteiger partial charge in [-0.15, -0.1) is 0 Å². The number of anilines is 1. The molecule has 1 fully saturated rings. The molecule has 2 aliphatic heterocycles. The van der Waals surface area contributed by atoms with Crippen molar-refractivity contribution >= 4 is 34.8 Å². The number of fused-ring (bicyclic) bond motifs is 1. The second kappa shape index (κ2) is 13.1. The van der Waals surface area contributed by atoms with Crippen LogP contribution in [0.25, 0.3) is 0 Å². The maximum absolute atomic E-state index is 14.0. The quantitative estimate of drug-likeness (QED) is 0.283. The minimum Gasteiger partial charge on any atom is -0.490 e. The van der Waals surface area contributed by atoms with Crippen LogP contribution in [0.3, 0.4) is 0 Å². The molecule has 2 aliphatic rings. The summed E-state index contributed by atoms with van der Waals surface area (Å²) in [6, 6.07) is 16.5. The van der Waals surface area contributed by atoms with Gasteiger partial charge in [-0.3, -0.25) is 14.6 Å². The van der Waals surface area contributed by atoms with Crippen LogP contribution in [0.2, 0.25) is 10.0 Å². The molecule has 0 N–H and O–H groups in total. The Labute approximate surface area is 245 Å². The van der Waals surface area contributed by atoms with E-state index >= 15 is 0 Å². The van der Waals surface area contributed by atoms with E-state index in [1.807, 2.05) is 56.3 Å². The number of morpholine rings is 1. The fourth-order valence-corrected chi connectivity index (χ4v) is 5.54. The molecular formula is C31H34Cl2N2O5. The van der Waals surface area contributed by atoms with Crippen LogP contribution < -0.4 is 19.1 Å². The third kappa shape index (κ3) is 6.33. The zero-order chi connectivity index (χ0) is 28.1. The van der Waals surface area contributed by atoms with Gasteiger partial charge in [0, 0.05) is 29.7 Å². The Morgan fingerprint density at radius 1 is 0.850 bits per heavy atom. The van der Waals surface area contributed by atoms with Gasteiger partial charge < -0.3 is 18.9 Å². The van der Waals surface area contributed by atoms with Gasteiger partial charge in [0.2, 0.25) is 5.91 Å². The molecule has 40 heavy (non-hydrogen) atoms. The van der Waals surface area contributed by atoms with E-state index in [0.29, 0.717) is 52.8 Å². The molecule has 0 bridgehead atoms. The smallest absolute Gasteiger partial charge is 0.232 e. The summed E-state index contributed by atoms with van der Waals surface area (Å²) in [6.07, 6.45) is 0.200. The van der Waals surface area contributed by atoms with Crippen LogP contribution in [0.15, 0.2) is 54.6 Å². The molecule has 1 atom stereocenters. The summed E-state index contributed by atoms with van der Waals surface area (Å²) >= 11 is 12.8. The molecule has 3 aromatic carbocycles. The number of rotatable bonds is 10. The van der Waals surface area contributed by atoms with Crippen molar-refractivity contribution in [2.75, 3.05) is 57.6 Å². The van der Waals surface area contributed by atoms with Crippen LogP contribution in [0.5, 0.6) is 17.2 Å². The highest BCUT2D eigenvalue weighted by molar-refractivity contribution is 6.31. The van der Waals surface area contributed by atoms with Crippen molar-refractivity contribution in [2.45, 2.75) is 26.3 Å². The minimum absolute atomic E-state index is 0.0700. The first-order valence-corrected chi connectivity index (χ1v) is 14.5. The number of ether oxygens (including phenoxy) is 4. The molecule has 0 radical (unpaired) electrons. The normalized spacial score (nSPS) is 17.4. The number of hydrogen-bond acceptors (Lipinski definition) is 6. The number of nitrogens with zero attached hydrogens (tertiary/aromatic N) is 2. The highest BCUT2D eigenvalue weighted by Gasteiger charge is 2.37. The van der Waals surface area contributed by atoms with Crippen molar-refractivity contribution in [1.29, 1.82) is 0 Å². The SMILES string of the molecule is CCOc1cc2c(cc1OCC)C(c1ccc(Cl)cc1)N(c1cc(Cl)ccc1OCCN1CCOCC1)C(=O)C2. The Bertz CT molecular complexity index is 1330. The number of hydrogen-bond donors (Lipinski definition) is 0. The number of amides is 1. The van der Waals surface area contributed by atoms with Gasteiger partial charge in [0.1, 0.15) is 12.4 Å². The Hall–Kier alpha value is -2.97. The molecule has 3 aromatic rings. The Morgan fingerprint density at radius 2 is 1.52 bits per heavy atom. The van der Waals surface area contributed by atoms with Crippen LogP contribution in [-0.4, -0.2) is 63.5 Å². The molecule has 212 valence electrons. The van der Waals surface area contributed by atoms with Crippen molar-refractivity contribution < 1.29 is 23.7 Å². The van der Waals surface area contributed by atoms with Crippen LogP contribution in [-0.2, 0) is 16.0 Å². The average molecular weight is 586 g/mol. The van der Waals surface area contributed by atoms with E-state index in [1.54, 1.807) is 17.0 Å². The molecule has 1 saturated heterocycles. The topological polar surface area (TPSA) is 60.5 Å². The number of benzene rings is 3. The van der Waals surface area contributed by atoms with Gasteiger partial charge in [-0.05, 0) is 73.0 Å². The van der Waals surface area contributed by atoms with Gasteiger partial charge >= 0.3 is 0 Å². The Kier molecular flexibility index (Phi) is 9.37. The lowest BCUT2D eigenvalue weighted by Gasteiger charge is -2.39. The zero-order valence-electron chi connectivity index (χ0n) is 22.8. The van der Waals surface area contributed by atoms with Crippen molar-refractivity contribution in [3.63, 3.8) is 0 Å². The van der Waals surface area contributed by atoms with E-state index in [4.69, 9.17) is 42.1 Å². The molecule has 0 spiro atoms. The summed E-state index contributed by atoms with van der Waals surface area (Å²) in [7, 11) is 0. The molecule has 9 heteroatoms. The van der Waals surface area contributed by atoms with Gasteiger partial charge in [0.25, 0.3) is 0 Å². The van der Waals surface area contributed by atoms with E-state index in [1.165, 1.54) is 0 Å². The molecule has 2 heterocycles. The second-order valence-electron chi connectivity index (χ2n) is 9.67. The molecule has 7 nitrogen and oxygen atoms in total. The predicted molar refractivity (Wildman–Crippen MR) is 157 cm³/mol. The van der Waals surface area contributed by atoms with Gasteiger partial charge in [0.15, 0.2) is 11.5 Å². The van der Waals surface area contributed by atoms with Gasteiger partial charge in [-0.2, -0.15) is 0 Å². The summed E-state index contributed by atoms with van der Waals surface area (Å²) in [5, 5.41) is 1.14. The monoisotopic (exact) mass is 584 g/mol. The fraction of sp³-hybridized carbons (Fsp3) is 0.387. The molecule has 0 saturated carbocycles. The van der Waals surface area contributed by atoms with Crippen LogP contribution in [0.1, 0.15) is 36.6 Å². The van der Waals surface area contributed by atoms with Crippen molar-refractivity contribution in [3.8, 4) is 17.2 Å². The van der Waals surface area contributed by atoms with Crippen molar-refractivity contribution in [1.82, 2.24) is 4.90 Å². The fourth-order valence-electron chi connectivity index (χ4n) is 5.25. The Morgan fingerprint density at radius 3 is 2.23 bits per heavy atom. The zero-order valence-corrected chi connectivity index (χ0v) is 24.3. The summed E-state index contributed by atoms with van der Waals surface area (Å²) in [5.41, 5.74) is 3.37. The lowest BCUT2D eigenvalue weighted by atomic mass is 9.86. The first-order valence-electron chi connectivity index (χ1n) is 13.7. The van der Waals surface area contributed by atoms with E-state index in [9.17, 15) is 4.79 Å². The number of halogens is 2. The molecule has 1 unspecified atom stereocenters. The molecule has 1 amide bonds. The van der Waals surface area contributed by atoms with Gasteiger partial charge in [-0.1, -0.05) is 35.3 Å². The molecule has 0 aromatic heterocycles. The van der Waals surface area contributed by atoms with Crippen molar-refractivity contribution in [2.24, 2.45) is 0 Å². The number of carbonyl (C=O) groups excluding carboxylic acids is 1. The standard InChI is InChI=1S/C31H34Cl2N2O5/c1-3-38-28-17-22-18-30(36)35(31(21-5-7-23(32)8-6-21)25(22)20-29(28)39-4-2)26-19-24(33)9-10-27(26)40-16-13-34-11-14-37-15-12-34/h5-10,17,19-20,31H,3-4,11-16,18H2,1-2H3. The average Bonchev–Trinajstić information content (AvgIpc) is 2.95. The van der Waals surface area contributed by atoms with E-state index in [-0.39, 0.29) is 12.3 Å². The second-order valence-corrected chi connectivity index (χ2v) is 10.5. The lowest BCUT2D eigenvalue weighted by Crippen LogP contribution is -2.41. The van der Waals surface area contributed by atoms with Crippen LogP contribution in [0.4, 0.5) is 5.69 Å². The maximum Gasteiger partial charge on any atom is 0.232 e. The predicted octanol–water partition coefficient (Wildman–Crippen LogP) is 6.18. The van der Waals surface area contributed by atoms with Crippen molar-refractivity contribution in [3.05, 3.63) is 81.3 Å². The lowest BCUT2D eigenvalue weighted by molar-refractivity contribution is -0.118. The maximum atomic E-state index is 14.0. The van der Waals surface area contributed by atoms with E-state index in [0.717, 1.165) is 49.5 Å². The summed E-state index contributed by atoms with van der Waals surface area (Å²) in [4.78, 5) is 18.1. The minimum atomic E-state index is -0.455. The van der Waals surface area contributed by atoms with Crippen LogP contribution >= 0.6 is 23.2 Å². The highest BCUT2D eigenvalue weighted by atomic mass is 35.5. The third-order valence-corrected chi connectivity index (χ3v) is 7.59. The summed E-state index contributed by atoms with van der Waals surface area (Å²) in [5.74, 6) is 1.81. The largest absolute Gasteiger partial charge is 0.490 e. The molecular weight excluding hydrogens is 551 g/mol. The van der Waals surface area contributed by atoms with Gasteiger partial charge in [0.05, 0.1) is 44.6 Å². The molecule has 0 aliphatic carbocycles. The van der Waals surface area contributed by atoms with E-state index in [2.05, 4.69) is 4.90 Å². The first kappa shape index (κ1) is 28.6. The van der Waals surface area contributed by atoms with Gasteiger partial charge in [-0.25, -0.2) is 0 Å². The number of carbonyl (C=O) groups is 1. The summed E-state index contributed by atoms with van der Waals surface area (Å²) in [6.45, 7) is 9.30. The molecule has 5 rings (SSSR count). The Balaban J connectivity index is 1.57. The summed E-state index contributed by atoms with van der Waals surface area (Å²) < 4.78 is 23.6.